The van der Waals surface area contributed by atoms with Gasteiger partial charge in [0.05, 0.1) is 35.9 Å². The third kappa shape index (κ3) is 5.38. The lowest BCUT2D eigenvalue weighted by atomic mass is 10.0. The van der Waals surface area contributed by atoms with Crippen molar-refractivity contribution in [3.63, 3.8) is 0 Å². The number of para-hydroxylation sites is 2. The molecule has 1 N–H and O–H groups in total. The molecule has 1 aromatic heterocycles. The zero-order valence-corrected chi connectivity index (χ0v) is 17.4. The van der Waals surface area contributed by atoms with E-state index in [-0.39, 0.29) is 24.1 Å². The Morgan fingerprint density at radius 3 is 2.55 bits per heavy atom. The fourth-order valence-electron chi connectivity index (χ4n) is 3.16. The van der Waals surface area contributed by atoms with E-state index in [0.29, 0.717) is 6.61 Å². The van der Waals surface area contributed by atoms with Crippen LogP contribution in [0.2, 0.25) is 0 Å². The lowest BCUT2D eigenvalue weighted by Gasteiger charge is -2.18. The summed E-state index contributed by atoms with van der Waals surface area (Å²) >= 11 is 1.40. The number of amides is 1. The highest BCUT2D eigenvalue weighted by Crippen LogP contribution is 2.24. The van der Waals surface area contributed by atoms with E-state index < -0.39 is 6.04 Å². The van der Waals surface area contributed by atoms with E-state index in [0.717, 1.165) is 28.3 Å². The Bertz CT molecular complexity index is 972. The summed E-state index contributed by atoms with van der Waals surface area (Å²) in [4.78, 5) is 29.2. The van der Waals surface area contributed by atoms with Crippen LogP contribution in [0.3, 0.4) is 0 Å². The summed E-state index contributed by atoms with van der Waals surface area (Å²) in [6.45, 7) is 4.92. The van der Waals surface area contributed by atoms with Crippen molar-refractivity contribution in [1.29, 1.82) is 0 Å². The number of carbonyl (C=O) groups excluding carboxylic acids is 2. The third-order valence-electron chi connectivity index (χ3n) is 4.48. The number of esters is 1. The van der Waals surface area contributed by atoms with E-state index in [4.69, 9.17) is 4.74 Å². The number of imidazole rings is 1. The number of fused-ring (bicyclic) bond motifs is 1. The number of aromatic nitrogens is 2. The number of aryl methyl sites for hydroxylation is 1. The highest BCUT2D eigenvalue weighted by molar-refractivity contribution is 7.99. The Kier molecular flexibility index (Phi) is 7.30. The first-order valence-corrected chi connectivity index (χ1v) is 10.7. The summed E-state index contributed by atoms with van der Waals surface area (Å²) in [6, 6.07) is 17.0. The Morgan fingerprint density at radius 1 is 1.10 bits per heavy atom. The molecule has 0 spiro atoms. The zero-order valence-electron chi connectivity index (χ0n) is 16.6. The number of nitrogens with one attached hydrogen (secondary N) is 1. The molecule has 3 rings (SSSR count). The molecule has 0 saturated heterocycles. The van der Waals surface area contributed by atoms with Crippen LogP contribution < -0.4 is 5.32 Å². The van der Waals surface area contributed by atoms with Gasteiger partial charge in [-0.25, -0.2) is 4.98 Å². The molecule has 1 heterocycles. The van der Waals surface area contributed by atoms with Gasteiger partial charge in [0, 0.05) is 6.54 Å². The Hall–Kier alpha value is -2.80. The van der Waals surface area contributed by atoms with Crippen LogP contribution in [0.15, 0.2) is 59.8 Å². The fourth-order valence-corrected chi connectivity index (χ4v) is 4.05. The molecule has 0 fully saturated rings. The highest BCUT2D eigenvalue weighted by Gasteiger charge is 2.20. The summed E-state index contributed by atoms with van der Waals surface area (Å²) in [5, 5.41) is 3.78. The van der Waals surface area contributed by atoms with Gasteiger partial charge in [-0.3, -0.25) is 9.59 Å². The van der Waals surface area contributed by atoms with E-state index in [2.05, 4.69) is 21.8 Å². The Balaban J connectivity index is 1.68. The minimum absolute atomic E-state index is 0.0989. The van der Waals surface area contributed by atoms with Crippen LogP contribution in [-0.2, 0) is 20.9 Å². The second-order valence-corrected chi connectivity index (χ2v) is 7.40. The van der Waals surface area contributed by atoms with Crippen molar-refractivity contribution in [1.82, 2.24) is 14.9 Å². The predicted octanol–water partition coefficient (Wildman–Crippen LogP) is 3.96. The van der Waals surface area contributed by atoms with Crippen LogP contribution in [0.1, 0.15) is 31.9 Å². The van der Waals surface area contributed by atoms with Crippen LogP contribution in [0, 0.1) is 0 Å². The van der Waals surface area contributed by atoms with Crippen LogP contribution >= 0.6 is 11.8 Å². The van der Waals surface area contributed by atoms with Crippen LogP contribution in [0.4, 0.5) is 0 Å². The van der Waals surface area contributed by atoms with Gasteiger partial charge in [-0.05, 0) is 31.5 Å². The van der Waals surface area contributed by atoms with Crippen LogP contribution in [-0.4, -0.2) is 33.8 Å². The van der Waals surface area contributed by atoms with Gasteiger partial charge in [-0.1, -0.05) is 54.2 Å². The molecule has 3 aromatic rings. The average Bonchev–Trinajstić information content (AvgIpc) is 3.10. The van der Waals surface area contributed by atoms with E-state index >= 15 is 0 Å². The van der Waals surface area contributed by atoms with Crippen molar-refractivity contribution in [2.45, 2.75) is 38.0 Å². The highest BCUT2D eigenvalue weighted by atomic mass is 32.2. The van der Waals surface area contributed by atoms with Crippen molar-refractivity contribution in [3.05, 3.63) is 60.2 Å². The zero-order chi connectivity index (χ0) is 20.6. The first kappa shape index (κ1) is 20.9. The van der Waals surface area contributed by atoms with Crippen LogP contribution in [0.25, 0.3) is 11.0 Å². The van der Waals surface area contributed by atoms with E-state index in [1.165, 1.54) is 11.8 Å². The van der Waals surface area contributed by atoms with Crippen molar-refractivity contribution < 1.29 is 14.3 Å². The molecule has 1 unspecified atom stereocenters. The number of rotatable bonds is 9. The lowest BCUT2D eigenvalue weighted by Crippen LogP contribution is -2.32. The first-order valence-electron chi connectivity index (χ1n) is 9.70. The maximum absolute atomic E-state index is 12.6. The van der Waals surface area contributed by atoms with Gasteiger partial charge in [0.15, 0.2) is 5.16 Å². The first-order chi connectivity index (χ1) is 14.1. The van der Waals surface area contributed by atoms with E-state index in [9.17, 15) is 9.59 Å². The minimum Gasteiger partial charge on any atom is -0.466 e. The number of carbonyl (C=O) groups is 2. The van der Waals surface area contributed by atoms with Gasteiger partial charge in [0.2, 0.25) is 5.91 Å². The molecule has 7 heteroatoms. The SMILES string of the molecule is CCOC(=O)CC(NC(=O)CSc1nc2ccccc2n1CC)c1ccccc1. The van der Waals surface area contributed by atoms with Gasteiger partial charge >= 0.3 is 5.97 Å². The monoisotopic (exact) mass is 411 g/mol. The molecular formula is C22H25N3O3S. The predicted molar refractivity (Wildman–Crippen MR) is 115 cm³/mol. The van der Waals surface area contributed by atoms with Crippen molar-refractivity contribution in [2.24, 2.45) is 0 Å². The third-order valence-corrected chi connectivity index (χ3v) is 5.46. The van der Waals surface area contributed by atoms with E-state index in [1.54, 1.807) is 6.92 Å². The molecule has 1 atom stereocenters. The Labute approximate surface area is 174 Å². The van der Waals surface area contributed by atoms with Crippen molar-refractivity contribution >= 4 is 34.7 Å². The van der Waals surface area contributed by atoms with Gasteiger partial charge < -0.3 is 14.6 Å². The fraction of sp³-hybridized carbons (Fsp3) is 0.318. The summed E-state index contributed by atoms with van der Waals surface area (Å²) in [5.74, 6) is -0.264. The molecule has 6 nitrogen and oxygen atoms in total. The molecule has 1 amide bonds. The average molecular weight is 412 g/mol. The molecule has 0 aliphatic heterocycles. The maximum Gasteiger partial charge on any atom is 0.308 e. The number of hydrogen-bond acceptors (Lipinski definition) is 5. The second-order valence-electron chi connectivity index (χ2n) is 6.46. The minimum atomic E-state index is -0.423. The molecule has 0 aliphatic carbocycles. The molecule has 2 aromatic carbocycles. The molecular weight excluding hydrogens is 386 g/mol. The van der Waals surface area contributed by atoms with Gasteiger partial charge in [0.25, 0.3) is 0 Å². The van der Waals surface area contributed by atoms with E-state index in [1.807, 2.05) is 54.6 Å². The number of hydrogen-bond donors (Lipinski definition) is 1. The number of thioether (sulfide) groups is 1. The van der Waals surface area contributed by atoms with Gasteiger partial charge in [0.1, 0.15) is 0 Å². The normalized spacial score (nSPS) is 11.9. The Morgan fingerprint density at radius 2 is 1.83 bits per heavy atom. The smallest absolute Gasteiger partial charge is 0.308 e. The van der Waals surface area contributed by atoms with Crippen LogP contribution in [0.5, 0.6) is 0 Å². The second kappa shape index (κ2) is 10.1. The summed E-state index contributed by atoms with van der Waals surface area (Å²) in [6.07, 6.45) is 0.0989. The maximum atomic E-state index is 12.6. The van der Waals surface area contributed by atoms with Gasteiger partial charge in [-0.15, -0.1) is 0 Å². The topological polar surface area (TPSA) is 73.2 Å². The largest absolute Gasteiger partial charge is 0.466 e. The molecule has 0 bridgehead atoms. The molecule has 0 saturated carbocycles. The summed E-state index contributed by atoms with van der Waals surface area (Å²) in [5.41, 5.74) is 2.85. The van der Waals surface area contributed by atoms with Gasteiger partial charge in [-0.2, -0.15) is 0 Å². The number of benzene rings is 2. The molecule has 0 aliphatic rings. The van der Waals surface area contributed by atoms with Crippen molar-refractivity contribution in [2.75, 3.05) is 12.4 Å². The quantitative estimate of drug-likeness (QED) is 0.426. The summed E-state index contributed by atoms with van der Waals surface area (Å²) < 4.78 is 7.16. The molecule has 29 heavy (non-hydrogen) atoms. The lowest BCUT2D eigenvalue weighted by molar-refractivity contribution is -0.143. The molecule has 152 valence electrons. The molecule has 0 radical (unpaired) electrons. The standard InChI is InChI=1S/C22H25N3O3S/c1-3-25-19-13-9-8-12-17(19)24-22(25)29-15-20(26)23-18(14-21(27)28-4-2)16-10-6-5-7-11-16/h5-13,18H,3-4,14-15H2,1-2H3,(H,23,26). The number of ether oxygens (including phenoxy) is 1. The number of nitrogens with zero attached hydrogens (tertiary/aromatic N) is 2. The summed E-state index contributed by atoms with van der Waals surface area (Å²) in [7, 11) is 0. The van der Waals surface area contributed by atoms with Crippen molar-refractivity contribution in [3.8, 4) is 0 Å².